The van der Waals surface area contributed by atoms with Crippen LogP contribution >= 0.6 is 0 Å². The molecule has 0 aliphatic rings. The SMILES string of the molecule is CC(CC(C)NN)CC(C)(C)C. The van der Waals surface area contributed by atoms with Gasteiger partial charge in [-0.05, 0) is 31.1 Å². The maximum absolute atomic E-state index is 5.33. The second-order valence-corrected chi connectivity index (χ2v) is 5.17. The van der Waals surface area contributed by atoms with Crippen molar-refractivity contribution in [2.24, 2.45) is 17.2 Å². The van der Waals surface area contributed by atoms with Gasteiger partial charge in [-0.3, -0.25) is 11.3 Å². The minimum absolute atomic E-state index is 0.433. The Morgan fingerprint density at radius 3 is 2.08 bits per heavy atom. The first-order valence-corrected chi connectivity index (χ1v) is 4.81. The standard InChI is InChI=1S/C10H24N2/c1-8(6-9(2)12-11)7-10(3,4)5/h8-9,12H,6-7,11H2,1-5H3. The smallest absolute Gasteiger partial charge is 0.0184 e. The third-order valence-corrected chi connectivity index (χ3v) is 2.00. The van der Waals surface area contributed by atoms with Crippen molar-refractivity contribution in [1.29, 1.82) is 0 Å². The highest BCUT2D eigenvalue weighted by molar-refractivity contribution is 4.69. The van der Waals surface area contributed by atoms with Gasteiger partial charge in [-0.15, -0.1) is 0 Å². The van der Waals surface area contributed by atoms with Crippen molar-refractivity contribution in [1.82, 2.24) is 5.43 Å². The zero-order valence-electron chi connectivity index (χ0n) is 9.15. The van der Waals surface area contributed by atoms with Crippen LogP contribution in [0.25, 0.3) is 0 Å². The Labute approximate surface area is 76.9 Å². The molecule has 0 spiro atoms. The second-order valence-electron chi connectivity index (χ2n) is 5.17. The lowest BCUT2D eigenvalue weighted by Crippen LogP contribution is -2.34. The highest BCUT2D eigenvalue weighted by atomic mass is 15.2. The van der Waals surface area contributed by atoms with E-state index < -0.39 is 0 Å². The first kappa shape index (κ1) is 11.9. The van der Waals surface area contributed by atoms with Gasteiger partial charge in [-0.1, -0.05) is 27.7 Å². The van der Waals surface area contributed by atoms with Gasteiger partial charge in [0.05, 0.1) is 0 Å². The Bertz CT molecular complexity index is 115. The van der Waals surface area contributed by atoms with Crippen LogP contribution < -0.4 is 11.3 Å². The van der Waals surface area contributed by atoms with E-state index in [-0.39, 0.29) is 0 Å². The molecule has 0 saturated heterocycles. The predicted molar refractivity (Wildman–Crippen MR) is 54.6 cm³/mol. The van der Waals surface area contributed by atoms with Gasteiger partial charge in [0.15, 0.2) is 0 Å². The molecule has 0 rings (SSSR count). The molecule has 74 valence electrons. The average Bonchev–Trinajstić information content (AvgIpc) is 1.82. The van der Waals surface area contributed by atoms with Crippen molar-refractivity contribution in [3.63, 3.8) is 0 Å². The summed E-state index contributed by atoms with van der Waals surface area (Å²) < 4.78 is 0. The molecule has 0 aliphatic carbocycles. The molecule has 0 radical (unpaired) electrons. The number of hydrazine groups is 1. The van der Waals surface area contributed by atoms with Crippen molar-refractivity contribution in [2.75, 3.05) is 0 Å². The Morgan fingerprint density at radius 1 is 1.25 bits per heavy atom. The van der Waals surface area contributed by atoms with Gasteiger partial charge in [0, 0.05) is 6.04 Å². The fraction of sp³-hybridized carbons (Fsp3) is 1.00. The maximum Gasteiger partial charge on any atom is 0.0184 e. The highest BCUT2D eigenvalue weighted by Crippen LogP contribution is 2.26. The van der Waals surface area contributed by atoms with Crippen LogP contribution in [-0.4, -0.2) is 6.04 Å². The zero-order valence-corrected chi connectivity index (χ0v) is 9.15. The summed E-state index contributed by atoms with van der Waals surface area (Å²) in [6.45, 7) is 11.3. The third-order valence-electron chi connectivity index (χ3n) is 2.00. The van der Waals surface area contributed by atoms with Crippen LogP contribution in [0.4, 0.5) is 0 Å². The van der Waals surface area contributed by atoms with E-state index in [0.717, 1.165) is 12.3 Å². The summed E-state index contributed by atoms with van der Waals surface area (Å²) in [6, 6.07) is 0.433. The maximum atomic E-state index is 5.33. The summed E-state index contributed by atoms with van der Waals surface area (Å²) in [4.78, 5) is 0. The first-order chi connectivity index (χ1) is 5.35. The van der Waals surface area contributed by atoms with E-state index in [9.17, 15) is 0 Å². The first-order valence-electron chi connectivity index (χ1n) is 4.81. The Hall–Kier alpha value is -0.0800. The number of nitrogens with one attached hydrogen (secondary N) is 1. The Morgan fingerprint density at radius 2 is 1.75 bits per heavy atom. The minimum atomic E-state index is 0.433. The molecular formula is C10H24N2. The van der Waals surface area contributed by atoms with E-state index in [1.165, 1.54) is 6.42 Å². The van der Waals surface area contributed by atoms with Gasteiger partial charge >= 0.3 is 0 Å². The summed E-state index contributed by atoms with van der Waals surface area (Å²) in [5.74, 6) is 6.08. The third kappa shape index (κ3) is 6.62. The van der Waals surface area contributed by atoms with E-state index in [0.29, 0.717) is 11.5 Å². The summed E-state index contributed by atoms with van der Waals surface area (Å²) in [5.41, 5.74) is 3.22. The van der Waals surface area contributed by atoms with Gasteiger partial charge in [0.25, 0.3) is 0 Å². The van der Waals surface area contributed by atoms with Crippen LogP contribution in [0.5, 0.6) is 0 Å². The van der Waals surface area contributed by atoms with Crippen molar-refractivity contribution >= 4 is 0 Å². The molecule has 2 nitrogen and oxygen atoms in total. The lowest BCUT2D eigenvalue weighted by Gasteiger charge is -2.24. The molecule has 0 aliphatic heterocycles. The van der Waals surface area contributed by atoms with Crippen LogP contribution in [0.15, 0.2) is 0 Å². The number of nitrogens with two attached hydrogens (primary N) is 1. The number of hydrogen-bond acceptors (Lipinski definition) is 2. The summed E-state index contributed by atoms with van der Waals surface area (Å²) >= 11 is 0. The lowest BCUT2D eigenvalue weighted by atomic mass is 9.83. The normalized spacial score (nSPS) is 17.5. The fourth-order valence-electron chi connectivity index (χ4n) is 1.80. The minimum Gasteiger partial charge on any atom is -0.271 e. The molecule has 0 amide bonds. The topological polar surface area (TPSA) is 38.0 Å². The number of rotatable bonds is 4. The van der Waals surface area contributed by atoms with E-state index in [1.807, 2.05) is 0 Å². The molecule has 0 aromatic heterocycles. The quantitative estimate of drug-likeness (QED) is 0.504. The van der Waals surface area contributed by atoms with Crippen LogP contribution in [-0.2, 0) is 0 Å². The molecule has 2 unspecified atom stereocenters. The van der Waals surface area contributed by atoms with Crippen molar-refractivity contribution in [3.8, 4) is 0 Å². The summed E-state index contributed by atoms with van der Waals surface area (Å²) in [6.07, 6.45) is 2.42. The highest BCUT2D eigenvalue weighted by Gasteiger charge is 2.16. The van der Waals surface area contributed by atoms with Gasteiger partial charge in [-0.25, -0.2) is 0 Å². The molecule has 3 N–H and O–H groups in total. The van der Waals surface area contributed by atoms with Crippen LogP contribution in [0.3, 0.4) is 0 Å². The second kappa shape index (κ2) is 4.83. The molecule has 2 heteroatoms. The molecule has 2 atom stereocenters. The molecule has 0 aromatic rings. The molecule has 0 bridgehead atoms. The van der Waals surface area contributed by atoms with Gasteiger partial charge in [-0.2, -0.15) is 0 Å². The van der Waals surface area contributed by atoms with E-state index in [4.69, 9.17) is 5.84 Å². The van der Waals surface area contributed by atoms with Gasteiger partial charge in [0.1, 0.15) is 0 Å². The van der Waals surface area contributed by atoms with Crippen molar-refractivity contribution in [3.05, 3.63) is 0 Å². The Balaban J connectivity index is 3.66. The Kier molecular flexibility index (Phi) is 4.80. The predicted octanol–water partition coefficient (Wildman–Crippen LogP) is 2.30. The average molecular weight is 172 g/mol. The zero-order chi connectivity index (χ0) is 9.78. The molecule has 0 fully saturated rings. The van der Waals surface area contributed by atoms with Crippen molar-refractivity contribution in [2.45, 2.75) is 53.5 Å². The number of hydrogen-bond donors (Lipinski definition) is 2. The molecule has 0 heterocycles. The van der Waals surface area contributed by atoms with Crippen molar-refractivity contribution < 1.29 is 0 Å². The molecular weight excluding hydrogens is 148 g/mol. The summed E-state index contributed by atoms with van der Waals surface area (Å²) in [5, 5.41) is 0. The largest absolute Gasteiger partial charge is 0.271 e. The van der Waals surface area contributed by atoms with Crippen LogP contribution in [0.1, 0.15) is 47.5 Å². The van der Waals surface area contributed by atoms with E-state index in [1.54, 1.807) is 0 Å². The van der Waals surface area contributed by atoms with Crippen LogP contribution in [0, 0.1) is 11.3 Å². The van der Waals surface area contributed by atoms with E-state index in [2.05, 4.69) is 40.0 Å². The van der Waals surface area contributed by atoms with E-state index >= 15 is 0 Å². The monoisotopic (exact) mass is 172 g/mol. The molecule has 0 aromatic carbocycles. The molecule has 0 saturated carbocycles. The van der Waals surface area contributed by atoms with Crippen LogP contribution in [0.2, 0.25) is 0 Å². The van der Waals surface area contributed by atoms with Gasteiger partial charge in [0.2, 0.25) is 0 Å². The fourth-order valence-corrected chi connectivity index (χ4v) is 1.80. The molecule has 12 heavy (non-hydrogen) atoms. The lowest BCUT2D eigenvalue weighted by molar-refractivity contribution is 0.279. The van der Waals surface area contributed by atoms with Gasteiger partial charge < -0.3 is 0 Å². The summed E-state index contributed by atoms with van der Waals surface area (Å²) in [7, 11) is 0.